The molecule has 0 radical (unpaired) electrons. The monoisotopic (exact) mass is 341 g/mol. The number of amides is 1. The molecule has 2 aromatic rings. The third kappa shape index (κ3) is 3.55. The molecule has 0 saturated heterocycles. The summed E-state index contributed by atoms with van der Waals surface area (Å²) in [4.78, 5) is 26.9. The van der Waals surface area contributed by atoms with Crippen LogP contribution in [0.4, 0.5) is 14.9 Å². The van der Waals surface area contributed by atoms with E-state index in [0.29, 0.717) is 17.7 Å². The summed E-state index contributed by atoms with van der Waals surface area (Å²) in [6.45, 7) is 5.25. The number of Topliss-reactive ketones (excluding diaryl/α,β-unsaturated/α-hetero) is 1. The summed E-state index contributed by atoms with van der Waals surface area (Å²) in [5, 5.41) is 0. The Morgan fingerprint density at radius 2 is 1.80 bits per heavy atom. The van der Waals surface area contributed by atoms with Crippen molar-refractivity contribution in [3.8, 4) is 0 Å². The lowest BCUT2D eigenvalue weighted by Gasteiger charge is -2.28. The minimum atomic E-state index is -0.742. The van der Waals surface area contributed by atoms with Gasteiger partial charge in [-0.15, -0.1) is 0 Å². The normalized spacial score (nSPS) is 16.5. The van der Waals surface area contributed by atoms with E-state index in [1.807, 2.05) is 6.07 Å². The average molecular weight is 341 g/mol. The van der Waals surface area contributed by atoms with E-state index < -0.39 is 23.6 Å². The quantitative estimate of drug-likeness (QED) is 0.762. The Morgan fingerprint density at radius 1 is 1.12 bits per heavy atom. The minimum absolute atomic E-state index is 0.192. The molecule has 130 valence electrons. The molecule has 1 aliphatic heterocycles. The fourth-order valence-corrected chi connectivity index (χ4v) is 2.94. The highest BCUT2D eigenvalue weighted by Gasteiger charge is 2.40. The lowest BCUT2D eigenvalue weighted by molar-refractivity contribution is 0.0559. The van der Waals surface area contributed by atoms with Crippen LogP contribution >= 0.6 is 0 Å². The van der Waals surface area contributed by atoms with E-state index in [0.717, 1.165) is 5.56 Å². The molecule has 0 spiro atoms. The maximum absolute atomic E-state index is 13.7. The molecule has 25 heavy (non-hydrogen) atoms. The van der Waals surface area contributed by atoms with Crippen molar-refractivity contribution < 1.29 is 18.7 Å². The second-order valence-corrected chi connectivity index (χ2v) is 7.07. The van der Waals surface area contributed by atoms with Crippen LogP contribution in [0.2, 0.25) is 0 Å². The number of carbonyl (C=O) groups excluding carboxylic acids is 2. The molecule has 1 aliphatic rings. The first kappa shape index (κ1) is 17.1. The molecule has 0 aromatic heterocycles. The number of fused-ring (bicyclic) bond motifs is 1. The number of benzene rings is 2. The Bertz CT molecular complexity index is 811. The number of nitrogens with zero attached hydrogens (tertiary/aromatic N) is 1. The molecular formula is C20H20FNO3. The summed E-state index contributed by atoms with van der Waals surface area (Å²) < 4.78 is 19.2. The van der Waals surface area contributed by atoms with Gasteiger partial charge in [-0.1, -0.05) is 36.4 Å². The van der Waals surface area contributed by atoms with E-state index in [2.05, 4.69) is 0 Å². The number of anilines is 1. The van der Waals surface area contributed by atoms with Crippen molar-refractivity contribution in [1.82, 2.24) is 0 Å². The van der Waals surface area contributed by atoms with Crippen LogP contribution in [0.25, 0.3) is 0 Å². The van der Waals surface area contributed by atoms with Gasteiger partial charge in [0, 0.05) is 12.0 Å². The van der Waals surface area contributed by atoms with Crippen LogP contribution in [-0.2, 0) is 11.2 Å². The maximum Gasteiger partial charge on any atom is 0.415 e. The van der Waals surface area contributed by atoms with Crippen molar-refractivity contribution in [2.24, 2.45) is 0 Å². The Balaban J connectivity index is 2.00. The number of hydrogen-bond donors (Lipinski definition) is 0. The van der Waals surface area contributed by atoms with Gasteiger partial charge in [0.1, 0.15) is 17.5 Å². The van der Waals surface area contributed by atoms with Crippen molar-refractivity contribution in [1.29, 1.82) is 0 Å². The van der Waals surface area contributed by atoms with Gasteiger partial charge >= 0.3 is 6.09 Å². The predicted molar refractivity (Wildman–Crippen MR) is 93.4 cm³/mol. The van der Waals surface area contributed by atoms with Gasteiger partial charge in [-0.2, -0.15) is 0 Å². The SMILES string of the molecule is CC(C)(C)OC(=O)N1c2cc(F)ccc2CC1C(=O)c1ccccc1. The molecule has 0 aliphatic carbocycles. The van der Waals surface area contributed by atoms with Crippen molar-refractivity contribution in [3.63, 3.8) is 0 Å². The number of rotatable bonds is 2. The van der Waals surface area contributed by atoms with E-state index in [1.165, 1.54) is 17.0 Å². The molecule has 1 unspecified atom stereocenters. The maximum atomic E-state index is 13.7. The van der Waals surface area contributed by atoms with Gasteiger partial charge in [0.05, 0.1) is 5.69 Å². The predicted octanol–water partition coefficient (Wildman–Crippen LogP) is 4.37. The van der Waals surface area contributed by atoms with Gasteiger partial charge in [0.15, 0.2) is 5.78 Å². The van der Waals surface area contributed by atoms with Crippen LogP contribution in [0, 0.1) is 5.82 Å². The first-order valence-electron chi connectivity index (χ1n) is 8.16. The Kier molecular flexibility index (Phi) is 4.33. The van der Waals surface area contributed by atoms with Crippen molar-refractivity contribution in [2.45, 2.75) is 38.8 Å². The summed E-state index contributed by atoms with van der Waals surface area (Å²) in [5.74, 6) is -0.650. The second kappa shape index (κ2) is 6.31. The average Bonchev–Trinajstić information content (AvgIpc) is 2.92. The van der Waals surface area contributed by atoms with Crippen molar-refractivity contribution in [2.75, 3.05) is 4.90 Å². The Morgan fingerprint density at radius 3 is 2.44 bits per heavy atom. The molecule has 0 bridgehead atoms. The molecule has 4 nitrogen and oxygen atoms in total. The van der Waals surface area contributed by atoms with Crippen LogP contribution in [0.5, 0.6) is 0 Å². The fourth-order valence-electron chi connectivity index (χ4n) is 2.94. The highest BCUT2D eigenvalue weighted by molar-refractivity contribution is 6.08. The van der Waals surface area contributed by atoms with E-state index in [9.17, 15) is 14.0 Å². The number of halogens is 1. The summed E-state index contributed by atoms with van der Waals surface area (Å²) in [6, 6.07) is 12.3. The molecule has 1 heterocycles. The van der Waals surface area contributed by atoms with Crippen molar-refractivity contribution in [3.05, 3.63) is 65.5 Å². The zero-order valence-electron chi connectivity index (χ0n) is 14.5. The van der Waals surface area contributed by atoms with E-state index in [4.69, 9.17) is 4.74 Å². The van der Waals surface area contributed by atoms with Crippen molar-refractivity contribution >= 4 is 17.6 Å². The molecule has 3 rings (SSSR count). The molecule has 0 N–H and O–H groups in total. The molecular weight excluding hydrogens is 321 g/mol. The van der Waals surface area contributed by atoms with Crippen LogP contribution in [0.3, 0.4) is 0 Å². The van der Waals surface area contributed by atoms with Crippen LogP contribution in [0.15, 0.2) is 48.5 Å². The standard InChI is InChI=1S/C20H20FNO3/c1-20(2,3)25-19(24)22-16-12-15(21)10-9-14(16)11-17(22)18(23)13-7-5-4-6-8-13/h4-10,12,17H,11H2,1-3H3. The van der Waals surface area contributed by atoms with E-state index in [-0.39, 0.29) is 5.78 Å². The number of hydrogen-bond acceptors (Lipinski definition) is 3. The lowest BCUT2D eigenvalue weighted by atomic mass is 10.0. The highest BCUT2D eigenvalue weighted by atomic mass is 19.1. The van der Waals surface area contributed by atoms with Gasteiger partial charge in [0.2, 0.25) is 0 Å². The van der Waals surface area contributed by atoms with Crippen LogP contribution < -0.4 is 4.90 Å². The molecule has 0 fully saturated rings. The summed E-state index contributed by atoms with van der Waals surface area (Å²) in [6.07, 6.45) is -0.311. The summed E-state index contributed by atoms with van der Waals surface area (Å²) >= 11 is 0. The second-order valence-electron chi connectivity index (χ2n) is 7.07. The van der Waals surface area contributed by atoms with Crippen LogP contribution in [0.1, 0.15) is 36.7 Å². The fraction of sp³-hybridized carbons (Fsp3) is 0.300. The number of ether oxygens (including phenoxy) is 1. The van der Waals surface area contributed by atoms with Gasteiger partial charge in [-0.25, -0.2) is 9.18 Å². The van der Waals surface area contributed by atoms with Gasteiger partial charge in [-0.05, 0) is 38.5 Å². The van der Waals surface area contributed by atoms with Gasteiger partial charge < -0.3 is 4.74 Å². The first-order valence-corrected chi connectivity index (χ1v) is 8.16. The molecule has 0 saturated carbocycles. The zero-order valence-corrected chi connectivity index (χ0v) is 14.5. The summed E-state index contributed by atoms with van der Waals surface area (Å²) in [7, 11) is 0. The minimum Gasteiger partial charge on any atom is -0.443 e. The smallest absolute Gasteiger partial charge is 0.415 e. The Hall–Kier alpha value is -2.69. The molecule has 1 atom stereocenters. The molecule has 1 amide bonds. The zero-order chi connectivity index (χ0) is 18.2. The summed E-state index contributed by atoms with van der Waals surface area (Å²) in [5.41, 5.74) is 0.937. The topological polar surface area (TPSA) is 46.6 Å². The Labute approximate surface area is 146 Å². The third-order valence-corrected chi connectivity index (χ3v) is 3.98. The number of carbonyl (C=O) groups is 2. The third-order valence-electron chi connectivity index (χ3n) is 3.98. The van der Waals surface area contributed by atoms with Gasteiger partial charge in [-0.3, -0.25) is 9.69 Å². The highest BCUT2D eigenvalue weighted by Crippen LogP contribution is 2.35. The van der Waals surface area contributed by atoms with E-state index in [1.54, 1.807) is 51.1 Å². The molecule has 5 heteroatoms. The molecule has 2 aromatic carbocycles. The lowest BCUT2D eigenvalue weighted by Crippen LogP contribution is -2.45. The first-order chi connectivity index (χ1) is 11.8. The number of ketones is 1. The van der Waals surface area contributed by atoms with E-state index >= 15 is 0 Å². The van der Waals surface area contributed by atoms with Crippen LogP contribution in [-0.4, -0.2) is 23.5 Å². The van der Waals surface area contributed by atoms with Gasteiger partial charge in [0.25, 0.3) is 0 Å². The largest absolute Gasteiger partial charge is 0.443 e.